The minimum absolute atomic E-state index is 0.155. The molecule has 0 amide bonds. The fourth-order valence-electron chi connectivity index (χ4n) is 2.03. The Morgan fingerprint density at radius 2 is 2.10 bits per heavy atom. The zero-order valence-corrected chi connectivity index (χ0v) is 11.0. The van der Waals surface area contributed by atoms with E-state index in [0.717, 1.165) is 5.69 Å². The van der Waals surface area contributed by atoms with Crippen LogP contribution in [0.15, 0.2) is 36.4 Å². The van der Waals surface area contributed by atoms with Gasteiger partial charge in [0.15, 0.2) is 11.0 Å². The SMILES string of the molecule is O=C(O)C1CN(c2ccc(Cl)nn2)c2ccccc2O1. The van der Waals surface area contributed by atoms with Crippen LogP contribution in [0.3, 0.4) is 0 Å². The van der Waals surface area contributed by atoms with Gasteiger partial charge >= 0.3 is 5.97 Å². The molecule has 1 aliphatic rings. The van der Waals surface area contributed by atoms with Gasteiger partial charge in [-0.1, -0.05) is 23.7 Å². The molecule has 7 heteroatoms. The van der Waals surface area contributed by atoms with E-state index in [1.54, 1.807) is 29.2 Å². The third kappa shape index (κ3) is 2.25. The molecule has 1 N–H and O–H groups in total. The van der Waals surface area contributed by atoms with E-state index in [1.807, 2.05) is 12.1 Å². The molecule has 3 rings (SSSR count). The van der Waals surface area contributed by atoms with Crippen LogP contribution in [0.5, 0.6) is 5.75 Å². The molecule has 0 aliphatic carbocycles. The van der Waals surface area contributed by atoms with Crippen molar-refractivity contribution in [3.05, 3.63) is 41.6 Å². The highest BCUT2D eigenvalue weighted by atomic mass is 35.5. The second-order valence-electron chi connectivity index (χ2n) is 4.24. The van der Waals surface area contributed by atoms with Crippen LogP contribution in [0, 0.1) is 0 Å². The number of nitrogens with zero attached hydrogens (tertiary/aromatic N) is 3. The molecule has 1 unspecified atom stereocenters. The number of ether oxygens (including phenoxy) is 1. The first kappa shape index (κ1) is 12.7. The summed E-state index contributed by atoms with van der Waals surface area (Å²) >= 11 is 5.72. The van der Waals surface area contributed by atoms with Gasteiger partial charge in [0, 0.05) is 0 Å². The van der Waals surface area contributed by atoms with Gasteiger partial charge in [-0.15, -0.1) is 10.2 Å². The lowest BCUT2D eigenvalue weighted by Gasteiger charge is -2.33. The van der Waals surface area contributed by atoms with Crippen molar-refractivity contribution in [2.24, 2.45) is 0 Å². The largest absolute Gasteiger partial charge is 0.478 e. The fourth-order valence-corrected chi connectivity index (χ4v) is 2.13. The number of carboxylic acids is 1. The number of para-hydroxylation sites is 2. The van der Waals surface area contributed by atoms with Crippen LogP contribution in [0.1, 0.15) is 0 Å². The first-order chi connectivity index (χ1) is 9.65. The predicted molar refractivity (Wildman–Crippen MR) is 72.5 cm³/mol. The van der Waals surface area contributed by atoms with Gasteiger partial charge in [-0.2, -0.15) is 0 Å². The fraction of sp³-hybridized carbons (Fsp3) is 0.154. The zero-order valence-electron chi connectivity index (χ0n) is 10.2. The number of hydrogen-bond acceptors (Lipinski definition) is 5. The Morgan fingerprint density at radius 1 is 1.30 bits per heavy atom. The van der Waals surface area contributed by atoms with E-state index in [9.17, 15) is 4.79 Å². The van der Waals surface area contributed by atoms with E-state index in [1.165, 1.54) is 0 Å². The van der Waals surface area contributed by atoms with E-state index in [0.29, 0.717) is 11.6 Å². The predicted octanol–water partition coefficient (Wildman–Crippen LogP) is 2.11. The molecular formula is C13H10ClN3O3. The molecule has 1 aliphatic heterocycles. The van der Waals surface area contributed by atoms with Crippen molar-refractivity contribution < 1.29 is 14.6 Å². The van der Waals surface area contributed by atoms with E-state index < -0.39 is 12.1 Å². The molecule has 0 radical (unpaired) electrons. The first-order valence-corrected chi connectivity index (χ1v) is 6.28. The normalized spacial score (nSPS) is 17.2. The summed E-state index contributed by atoms with van der Waals surface area (Å²) in [5.74, 6) is 0.00530. The molecule has 1 atom stereocenters. The highest BCUT2D eigenvalue weighted by Crippen LogP contribution is 2.37. The molecule has 0 saturated heterocycles. The van der Waals surface area contributed by atoms with Crippen LogP contribution in [0.2, 0.25) is 5.15 Å². The highest BCUT2D eigenvalue weighted by Gasteiger charge is 2.31. The Labute approximate surface area is 119 Å². The zero-order chi connectivity index (χ0) is 14.1. The molecule has 0 fully saturated rings. The summed E-state index contributed by atoms with van der Waals surface area (Å²) in [6.45, 7) is 0.155. The molecule has 0 spiro atoms. The Hall–Kier alpha value is -2.34. The third-order valence-corrected chi connectivity index (χ3v) is 3.15. The standard InChI is InChI=1S/C13H10ClN3O3/c14-11-5-6-12(16-15-11)17-7-10(13(18)19)20-9-4-2-1-3-8(9)17/h1-6,10H,7H2,(H,18,19). The van der Waals surface area contributed by atoms with Gasteiger partial charge in [0.05, 0.1) is 12.2 Å². The van der Waals surface area contributed by atoms with Crippen molar-refractivity contribution >= 4 is 29.1 Å². The number of carboxylic acid groups (broad SMARTS) is 1. The molecule has 2 aromatic rings. The van der Waals surface area contributed by atoms with Crippen molar-refractivity contribution in [1.29, 1.82) is 0 Å². The average molecular weight is 292 g/mol. The Kier molecular flexibility index (Phi) is 3.15. The smallest absolute Gasteiger partial charge is 0.346 e. The minimum atomic E-state index is -1.02. The molecule has 0 saturated carbocycles. The van der Waals surface area contributed by atoms with Crippen LogP contribution in [-0.2, 0) is 4.79 Å². The Bertz CT molecular complexity index is 648. The van der Waals surface area contributed by atoms with Crippen molar-refractivity contribution in [1.82, 2.24) is 10.2 Å². The van der Waals surface area contributed by atoms with E-state index >= 15 is 0 Å². The van der Waals surface area contributed by atoms with Crippen molar-refractivity contribution in [3.63, 3.8) is 0 Å². The average Bonchev–Trinajstić information content (AvgIpc) is 2.47. The van der Waals surface area contributed by atoms with Gasteiger partial charge < -0.3 is 14.7 Å². The lowest BCUT2D eigenvalue weighted by molar-refractivity contribution is -0.144. The van der Waals surface area contributed by atoms with Crippen LogP contribution in [-0.4, -0.2) is 33.9 Å². The van der Waals surface area contributed by atoms with Crippen molar-refractivity contribution in [3.8, 4) is 5.75 Å². The van der Waals surface area contributed by atoms with Crippen molar-refractivity contribution in [2.45, 2.75) is 6.10 Å². The number of aliphatic carboxylic acids is 1. The van der Waals surface area contributed by atoms with Crippen LogP contribution < -0.4 is 9.64 Å². The van der Waals surface area contributed by atoms with Gasteiger partial charge in [0.2, 0.25) is 6.10 Å². The van der Waals surface area contributed by atoms with Crippen LogP contribution in [0.25, 0.3) is 0 Å². The van der Waals surface area contributed by atoms with E-state index in [2.05, 4.69) is 10.2 Å². The Balaban J connectivity index is 2.04. The lowest BCUT2D eigenvalue weighted by atomic mass is 10.2. The summed E-state index contributed by atoms with van der Waals surface area (Å²) in [6.07, 6.45) is -0.956. The molecule has 2 heterocycles. The number of carbonyl (C=O) groups is 1. The quantitative estimate of drug-likeness (QED) is 0.913. The van der Waals surface area contributed by atoms with Gasteiger partial charge in [-0.3, -0.25) is 0 Å². The molecule has 20 heavy (non-hydrogen) atoms. The van der Waals surface area contributed by atoms with Crippen molar-refractivity contribution in [2.75, 3.05) is 11.4 Å². The summed E-state index contributed by atoms with van der Waals surface area (Å²) in [5, 5.41) is 17.2. The number of fused-ring (bicyclic) bond motifs is 1. The van der Waals surface area contributed by atoms with Gasteiger partial charge in [-0.05, 0) is 24.3 Å². The number of halogens is 1. The summed E-state index contributed by atoms with van der Waals surface area (Å²) in [5.41, 5.74) is 0.752. The topological polar surface area (TPSA) is 75.5 Å². The number of anilines is 2. The maximum absolute atomic E-state index is 11.2. The first-order valence-electron chi connectivity index (χ1n) is 5.90. The van der Waals surface area contributed by atoms with Crippen LogP contribution >= 0.6 is 11.6 Å². The van der Waals surface area contributed by atoms with E-state index in [4.69, 9.17) is 21.4 Å². The van der Waals surface area contributed by atoms with Gasteiger partial charge in [0.1, 0.15) is 5.75 Å². The third-order valence-electron chi connectivity index (χ3n) is 2.94. The molecule has 1 aromatic heterocycles. The molecular weight excluding hydrogens is 282 g/mol. The maximum atomic E-state index is 11.2. The molecule has 102 valence electrons. The van der Waals surface area contributed by atoms with E-state index in [-0.39, 0.29) is 11.7 Å². The molecule has 6 nitrogen and oxygen atoms in total. The highest BCUT2D eigenvalue weighted by molar-refractivity contribution is 6.29. The summed E-state index contributed by atoms with van der Waals surface area (Å²) in [4.78, 5) is 12.9. The summed E-state index contributed by atoms with van der Waals surface area (Å²) < 4.78 is 5.45. The number of hydrogen-bond donors (Lipinski definition) is 1. The second-order valence-corrected chi connectivity index (χ2v) is 4.62. The maximum Gasteiger partial charge on any atom is 0.346 e. The molecule has 0 bridgehead atoms. The van der Waals surface area contributed by atoms with Crippen LogP contribution in [0.4, 0.5) is 11.5 Å². The molecule has 1 aromatic carbocycles. The lowest BCUT2D eigenvalue weighted by Crippen LogP contribution is -2.42. The summed E-state index contributed by atoms with van der Waals surface area (Å²) in [7, 11) is 0. The minimum Gasteiger partial charge on any atom is -0.478 e. The second kappa shape index (κ2) is 4.97. The van der Waals surface area contributed by atoms with Gasteiger partial charge in [0.25, 0.3) is 0 Å². The van der Waals surface area contributed by atoms with Gasteiger partial charge in [-0.25, -0.2) is 4.79 Å². The number of aromatic nitrogens is 2. The number of rotatable bonds is 2. The number of benzene rings is 1. The monoisotopic (exact) mass is 291 g/mol. The summed E-state index contributed by atoms with van der Waals surface area (Å²) in [6, 6.07) is 10.5. The Morgan fingerprint density at radius 3 is 2.80 bits per heavy atom.